The third-order valence-corrected chi connectivity index (χ3v) is 0.521. The molecule has 0 aliphatic heterocycles. The number of aliphatic hydroxyl groups is 5. The van der Waals surface area contributed by atoms with Gasteiger partial charge in [-0.2, -0.15) is 0 Å². The quantitative estimate of drug-likeness (QED) is 0.336. The minimum atomic E-state index is -0.954. The van der Waals surface area contributed by atoms with E-state index in [2.05, 4.69) is 6.58 Å². The van der Waals surface area contributed by atoms with E-state index in [0.29, 0.717) is 0 Å². The van der Waals surface area contributed by atoms with E-state index in [4.69, 9.17) is 25.5 Å². The summed E-state index contributed by atoms with van der Waals surface area (Å²) in [7, 11) is 0. The van der Waals surface area contributed by atoms with Crippen molar-refractivity contribution in [3.63, 3.8) is 0 Å². The maximum absolute atomic E-state index is 8.17. The molecule has 0 aliphatic carbocycles. The molecule has 6 heteroatoms. The van der Waals surface area contributed by atoms with Crippen LogP contribution in [-0.2, 0) is 0 Å². The van der Waals surface area contributed by atoms with Crippen molar-refractivity contribution in [3.05, 3.63) is 12.7 Å². The molecule has 0 amide bonds. The molecule has 0 saturated carbocycles. The van der Waals surface area contributed by atoms with Crippen LogP contribution in [0, 0.1) is 0 Å². The van der Waals surface area contributed by atoms with Gasteiger partial charge < -0.3 is 31.0 Å². The molecule has 0 spiro atoms. The molecule has 0 aliphatic rings. The van der Waals surface area contributed by atoms with Crippen molar-refractivity contribution in [2.45, 2.75) is 13.0 Å². The highest BCUT2D eigenvalue weighted by molar-refractivity contribution is 4.51. The minimum absolute atomic E-state index is 0. The average molecular weight is 214 g/mol. The SMILES string of the molecule is C=CC.O.OCC(O)CO.OCCO. The van der Waals surface area contributed by atoms with E-state index >= 15 is 0 Å². The summed E-state index contributed by atoms with van der Waals surface area (Å²) in [4.78, 5) is 0. The molecular weight excluding hydrogens is 192 g/mol. The molecule has 0 unspecified atom stereocenters. The molecule has 0 fully saturated rings. The Bertz CT molecular complexity index is 72.2. The summed E-state index contributed by atoms with van der Waals surface area (Å²) in [6, 6.07) is 0. The molecule has 0 aromatic rings. The van der Waals surface area contributed by atoms with Gasteiger partial charge in [-0.1, -0.05) is 6.08 Å². The van der Waals surface area contributed by atoms with Gasteiger partial charge >= 0.3 is 0 Å². The lowest BCUT2D eigenvalue weighted by molar-refractivity contribution is 0.0450. The smallest absolute Gasteiger partial charge is 0.100 e. The van der Waals surface area contributed by atoms with Crippen molar-refractivity contribution in [1.29, 1.82) is 0 Å². The van der Waals surface area contributed by atoms with E-state index < -0.39 is 6.10 Å². The van der Waals surface area contributed by atoms with E-state index in [1.165, 1.54) is 0 Å². The molecule has 0 bridgehead atoms. The first-order valence-corrected chi connectivity index (χ1v) is 3.83. The standard InChI is InChI=1S/C3H8O3.C3H6.C2H6O2.H2O/c4-1-3(6)2-5;1-3-2;3-1-2-4;/h3-6H,1-2H2;3H,1H2,2H3;3-4H,1-2H2;1H2. The van der Waals surface area contributed by atoms with Gasteiger partial charge in [0.25, 0.3) is 0 Å². The first kappa shape index (κ1) is 23.4. The van der Waals surface area contributed by atoms with Crippen molar-refractivity contribution in [2.24, 2.45) is 0 Å². The first-order chi connectivity index (χ1) is 6.14. The second-order valence-electron chi connectivity index (χ2n) is 1.87. The van der Waals surface area contributed by atoms with Gasteiger partial charge in [0.2, 0.25) is 0 Å². The van der Waals surface area contributed by atoms with Crippen LogP contribution in [0.3, 0.4) is 0 Å². The van der Waals surface area contributed by atoms with E-state index in [1.807, 2.05) is 6.92 Å². The molecule has 0 heterocycles. The van der Waals surface area contributed by atoms with Crippen molar-refractivity contribution in [3.8, 4) is 0 Å². The largest absolute Gasteiger partial charge is 0.412 e. The number of allylic oxidation sites excluding steroid dienone is 1. The zero-order valence-electron chi connectivity index (χ0n) is 8.43. The van der Waals surface area contributed by atoms with Crippen LogP contribution >= 0.6 is 0 Å². The Hall–Kier alpha value is -0.500. The minimum Gasteiger partial charge on any atom is -0.412 e. The molecule has 14 heavy (non-hydrogen) atoms. The predicted octanol–water partition coefficient (Wildman–Crippen LogP) is -2.33. The van der Waals surface area contributed by atoms with E-state index in [1.54, 1.807) is 6.08 Å². The van der Waals surface area contributed by atoms with Gasteiger partial charge in [0.05, 0.1) is 26.4 Å². The average Bonchev–Trinajstić information content (AvgIpc) is 2.18. The van der Waals surface area contributed by atoms with Crippen LogP contribution in [0.2, 0.25) is 0 Å². The topological polar surface area (TPSA) is 133 Å². The van der Waals surface area contributed by atoms with Crippen molar-refractivity contribution >= 4 is 0 Å². The second-order valence-corrected chi connectivity index (χ2v) is 1.87. The molecule has 90 valence electrons. The van der Waals surface area contributed by atoms with Crippen LogP contribution in [0.4, 0.5) is 0 Å². The van der Waals surface area contributed by atoms with Gasteiger partial charge in [-0.05, 0) is 6.92 Å². The lowest BCUT2D eigenvalue weighted by atomic mass is 10.4. The number of aliphatic hydroxyl groups excluding tert-OH is 5. The van der Waals surface area contributed by atoms with E-state index in [-0.39, 0.29) is 31.9 Å². The fraction of sp³-hybridized carbons (Fsp3) is 0.750. The summed E-state index contributed by atoms with van der Waals surface area (Å²) in [5.41, 5.74) is 0. The molecule has 0 aromatic heterocycles. The number of hydrogen-bond donors (Lipinski definition) is 5. The third kappa shape index (κ3) is 62.6. The Kier molecular flexibility index (Phi) is 49.1. The summed E-state index contributed by atoms with van der Waals surface area (Å²) < 4.78 is 0. The summed E-state index contributed by atoms with van der Waals surface area (Å²) >= 11 is 0. The van der Waals surface area contributed by atoms with Crippen LogP contribution in [0.5, 0.6) is 0 Å². The molecule has 7 N–H and O–H groups in total. The van der Waals surface area contributed by atoms with Gasteiger partial charge in [0, 0.05) is 0 Å². The van der Waals surface area contributed by atoms with Crippen LogP contribution < -0.4 is 0 Å². The van der Waals surface area contributed by atoms with Crippen LogP contribution in [0.25, 0.3) is 0 Å². The molecule has 0 aromatic carbocycles. The van der Waals surface area contributed by atoms with E-state index in [0.717, 1.165) is 0 Å². The predicted molar refractivity (Wildman–Crippen MR) is 53.8 cm³/mol. The van der Waals surface area contributed by atoms with Gasteiger partial charge in [-0.25, -0.2) is 0 Å². The van der Waals surface area contributed by atoms with Crippen LogP contribution in [-0.4, -0.2) is 63.5 Å². The molecule has 0 radical (unpaired) electrons. The maximum atomic E-state index is 8.17. The van der Waals surface area contributed by atoms with Gasteiger partial charge in [0.15, 0.2) is 0 Å². The summed E-state index contributed by atoms with van der Waals surface area (Å²) in [5.74, 6) is 0. The Balaban J connectivity index is -0.0000000553. The fourth-order valence-electron chi connectivity index (χ4n) is 0.0577. The van der Waals surface area contributed by atoms with Crippen molar-refractivity contribution in [1.82, 2.24) is 0 Å². The van der Waals surface area contributed by atoms with Gasteiger partial charge in [0.1, 0.15) is 6.10 Å². The van der Waals surface area contributed by atoms with Gasteiger partial charge in [-0.3, -0.25) is 0 Å². The molecule has 0 atom stereocenters. The Morgan fingerprint density at radius 2 is 1.29 bits per heavy atom. The molecular formula is C8H22O6. The van der Waals surface area contributed by atoms with Gasteiger partial charge in [-0.15, -0.1) is 6.58 Å². The normalized spacial score (nSPS) is 7.36. The number of rotatable bonds is 3. The monoisotopic (exact) mass is 214 g/mol. The fourth-order valence-corrected chi connectivity index (χ4v) is 0.0577. The Morgan fingerprint density at radius 1 is 1.07 bits per heavy atom. The Morgan fingerprint density at radius 3 is 1.29 bits per heavy atom. The second kappa shape index (κ2) is 29.4. The van der Waals surface area contributed by atoms with E-state index in [9.17, 15) is 0 Å². The van der Waals surface area contributed by atoms with Crippen LogP contribution in [0.15, 0.2) is 12.7 Å². The zero-order valence-corrected chi connectivity index (χ0v) is 8.43. The highest BCUT2D eigenvalue weighted by Crippen LogP contribution is 1.71. The first-order valence-electron chi connectivity index (χ1n) is 3.83. The zero-order chi connectivity index (χ0) is 11.1. The summed E-state index contributed by atoms with van der Waals surface area (Å²) in [6.07, 6.45) is 0.796. The lowest BCUT2D eigenvalue weighted by Gasteiger charge is -1.96. The van der Waals surface area contributed by atoms with Crippen molar-refractivity contribution < 1.29 is 31.0 Å². The third-order valence-electron chi connectivity index (χ3n) is 0.521. The maximum Gasteiger partial charge on any atom is 0.100 e. The molecule has 0 rings (SSSR count). The highest BCUT2D eigenvalue weighted by Gasteiger charge is 1.93. The lowest BCUT2D eigenvalue weighted by Crippen LogP contribution is -2.15. The van der Waals surface area contributed by atoms with Crippen molar-refractivity contribution in [2.75, 3.05) is 26.4 Å². The highest BCUT2D eigenvalue weighted by atomic mass is 16.3. The summed E-state index contributed by atoms with van der Waals surface area (Å²) in [6.45, 7) is 4.27. The Labute approximate surface area is 84.1 Å². The summed E-state index contributed by atoms with van der Waals surface area (Å²) in [5, 5.41) is 39.3. The molecule has 6 nitrogen and oxygen atoms in total. The number of hydrogen-bond acceptors (Lipinski definition) is 5. The van der Waals surface area contributed by atoms with Crippen LogP contribution in [0.1, 0.15) is 6.92 Å². The molecule has 0 saturated heterocycles.